The van der Waals surface area contributed by atoms with E-state index in [9.17, 15) is 4.79 Å². The molecule has 0 spiro atoms. The molecular formula is C19H16BrNO2S2. The molecule has 25 heavy (non-hydrogen) atoms. The monoisotopic (exact) mass is 433 g/mol. The van der Waals surface area contributed by atoms with Crippen molar-refractivity contribution in [2.45, 2.75) is 13.5 Å². The lowest BCUT2D eigenvalue weighted by atomic mass is 10.1. The highest BCUT2D eigenvalue weighted by Gasteiger charge is 2.28. The third-order valence-corrected chi connectivity index (χ3v) is 5.74. The Morgan fingerprint density at radius 3 is 2.60 bits per heavy atom. The summed E-state index contributed by atoms with van der Waals surface area (Å²) in [6.07, 6.45) is 1.83. The summed E-state index contributed by atoms with van der Waals surface area (Å²) in [6, 6.07) is 14.0. The standard InChI is InChI=1S/C19H16BrNO2S2/c1-12-3-5-13(6-4-12)11-23-16-8-7-15(20)9-14(16)10-17-18(22)21(2)19(24)25-17/h3-10H,11H2,1-2H3. The van der Waals surface area contributed by atoms with Gasteiger partial charge < -0.3 is 4.74 Å². The molecular weight excluding hydrogens is 418 g/mol. The molecule has 1 heterocycles. The zero-order chi connectivity index (χ0) is 18.0. The van der Waals surface area contributed by atoms with Crippen LogP contribution >= 0.6 is 39.9 Å². The summed E-state index contributed by atoms with van der Waals surface area (Å²) in [5.41, 5.74) is 3.16. The number of benzene rings is 2. The fourth-order valence-corrected chi connectivity index (χ4v) is 3.84. The second kappa shape index (κ2) is 7.72. The van der Waals surface area contributed by atoms with Gasteiger partial charge in [-0.25, -0.2) is 0 Å². The number of likely N-dealkylation sites (N-methyl/N-ethyl adjacent to an activating group) is 1. The lowest BCUT2D eigenvalue weighted by Gasteiger charge is -2.11. The van der Waals surface area contributed by atoms with E-state index in [2.05, 4.69) is 47.1 Å². The van der Waals surface area contributed by atoms with Crippen molar-refractivity contribution < 1.29 is 9.53 Å². The number of thiocarbonyl (C=S) groups is 1. The van der Waals surface area contributed by atoms with Crippen molar-refractivity contribution in [3.05, 3.63) is 68.5 Å². The van der Waals surface area contributed by atoms with Crippen LogP contribution in [0.15, 0.2) is 51.8 Å². The minimum absolute atomic E-state index is 0.0838. The molecule has 128 valence electrons. The van der Waals surface area contributed by atoms with Crippen molar-refractivity contribution in [1.29, 1.82) is 0 Å². The lowest BCUT2D eigenvalue weighted by molar-refractivity contribution is -0.121. The van der Waals surface area contributed by atoms with Gasteiger partial charge in [-0.05, 0) is 36.8 Å². The van der Waals surface area contributed by atoms with E-state index >= 15 is 0 Å². The van der Waals surface area contributed by atoms with Gasteiger partial charge in [0.2, 0.25) is 0 Å². The molecule has 0 N–H and O–H groups in total. The molecule has 2 aromatic rings. The van der Waals surface area contributed by atoms with Crippen LogP contribution in [0.1, 0.15) is 16.7 Å². The number of carbonyl (C=O) groups excluding carboxylic acids is 1. The summed E-state index contributed by atoms with van der Waals surface area (Å²) in [5.74, 6) is 0.643. The first-order valence-electron chi connectivity index (χ1n) is 7.63. The molecule has 0 aliphatic carbocycles. The van der Waals surface area contributed by atoms with Gasteiger partial charge in [0, 0.05) is 17.1 Å². The number of rotatable bonds is 4. The van der Waals surface area contributed by atoms with E-state index < -0.39 is 0 Å². The number of carbonyl (C=O) groups is 1. The van der Waals surface area contributed by atoms with E-state index in [4.69, 9.17) is 17.0 Å². The van der Waals surface area contributed by atoms with Crippen molar-refractivity contribution in [3.8, 4) is 5.75 Å². The van der Waals surface area contributed by atoms with Crippen molar-refractivity contribution in [2.75, 3.05) is 7.05 Å². The molecule has 1 amide bonds. The molecule has 6 heteroatoms. The Morgan fingerprint density at radius 1 is 1.24 bits per heavy atom. The van der Waals surface area contributed by atoms with Gasteiger partial charge in [0.25, 0.3) is 5.91 Å². The normalized spacial score (nSPS) is 16.0. The van der Waals surface area contributed by atoms with Gasteiger partial charge in [-0.15, -0.1) is 0 Å². The van der Waals surface area contributed by atoms with E-state index in [0.29, 0.717) is 15.8 Å². The first-order chi connectivity index (χ1) is 11.9. The van der Waals surface area contributed by atoms with Crippen LogP contribution < -0.4 is 4.74 Å². The third kappa shape index (κ3) is 4.32. The fourth-order valence-electron chi connectivity index (χ4n) is 2.30. The average Bonchev–Trinajstić information content (AvgIpc) is 2.83. The number of aryl methyl sites for hydroxylation is 1. The van der Waals surface area contributed by atoms with E-state index in [0.717, 1.165) is 21.3 Å². The van der Waals surface area contributed by atoms with Crippen LogP contribution in [-0.4, -0.2) is 22.2 Å². The molecule has 0 aromatic heterocycles. The Labute approximate surface area is 165 Å². The summed E-state index contributed by atoms with van der Waals surface area (Å²) in [4.78, 5) is 14.3. The molecule has 0 saturated carbocycles. The molecule has 0 atom stereocenters. The maximum atomic E-state index is 12.2. The second-order valence-electron chi connectivity index (χ2n) is 5.70. The van der Waals surface area contributed by atoms with Crippen LogP contribution in [0.5, 0.6) is 5.75 Å². The quantitative estimate of drug-likeness (QED) is 0.491. The number of thioether (sulfide) groups is 1. The van der Waals surface area contributed by atoms with Crippen LogP contribution in [0.25, 0.3) is 6.08 Å². The Hall–Kier alpha value is -1.63. The maximum absolute atomic E-state index is 12.2. The van der Waals surface area contributed by atoms with E-state index in [1.807, 2.05) is 24.3 Å². The molecule has 3 rings (SSSR count). The van der Waals surface area contributed by atoms with Crippen LogP contribution in [0, 0.1) is 6.92 Å². The molecule has 0 radical (unpaired) electrons. The third-order valence-electron chi connectivity index (χ3n) is 3.76. The van der Waals surface area contributed by atoms with Crippen molar-refractivity contribution in [2.24, 2.45) is 0 Å². The summed E-state index contributed by atoms with van der Waals surface area (Å²) in [6.45, 7) is 2.53. The van der Waals surface area contributed by atoms with Gasteiger partial charge in [0.1, 0.15) is 16.7 Å². The zero-order valence-electron chi connectivity index (χ0n) is 13.8. The average molecular weight is 434 g/mol. The number of amides is 1. The van der Waals surface area contributed by atoms with Gasteiger partial charge in [0.05, 0.1) is 4.91 Å². The van der Waals surface area contributed by atoms with Gasteiger partial charge in [-0.3, -0.25) is 9.69 Å². The summed E-state index contributed by atoms with van der Waals surface area (Å²) >= 11 is 9.96. The molecule has 1 saturated heterocycles. The Bertz CT molecular complexity index is 862. The smallest absolute Gasteiger partial charge is 0.265 e. The van der Waals surface area contributed by atoms with Gasteiger partial charge in [0.15, 0.2) is 0 Å². The second-order valence-corrected chi connectivity index (χ2v) is 8.29. The largest absolute Gasteiger partial charge is 0.488 e. The maximum Gasteiger partial charge on any atom is 0.265 e. The van der Waals surface area contributed by atoms with Gasteiger partial charge >= 0.3 is 0 Å². The minimum atomic E-state index is -0.0838. The van der Waals surface area contributed by atoms with E-state index in [1.54, 1.807) is 7.05 Å². The highest BCUT2D eigenvalue weighted by Crippen LogP contribution is 2.34. The molecule has 1 aliphatic heterocycles. The van der Waals surface area contributed by atoms with Crippen LogP contribution in [0.3, 0.4) is 0 Å². The predicted molar refractivity (Wildman–Crippen MR) is 111 cm³/mol. The number of nitrogens with zero attached hydrogens (tertiary/aromatic N) is 1. The molecule has 2 aromatic carbocycles. The van der Waals surface area contributed by atoms with Crippen LogP contribution in [-0.2, 0) is 11.4 Å². The first kappa shape index (κ1) is 18.2. The van der Waals surface area contributed by atoms with Crippen LogP contribution in [0.4, 0.5) is 0 Å². The summed E-state index contributed by atoms with van der Waals surface area (Å²) in [5, 5.41) is 0. The zero-order valence-corrected chi connectivity index (χ0v) is 17.0. The fraction of sp³-hybridized carbons (Fsp3) is 0.158. The van der Waals surface area contributed by atoms with E-state index in [-0.39, 0.29) is 5.91 Å². The molecule has 0 unspecified atom stereocenters. The van der Waals surface area contributed by atoms with Gasteiger partial charge in [-0.2, -0.15) is 0 Å². The van der Waals surface area contributed by atoms with Crippen LogP contribution in [0.2, 0.25) is 0 Å². The number of hydrogen-bond donors (Lipinski definition) is 0. The lowest BCUT2D eigenvalue weighted by Crippen LogP contribution is -2.22. The van der Waals surface area contributed by atoms with Crippen molar-refractivity contribution >= 4 is 56.2 Å². The number of hydrogen-bond acceptors (Lipinski definition) is 4. The van der Waals surface area contributed by atoms with Crippen molar-refractivity contribution in [3.63, 3.8) is 0 Å². The first-order valence-corrected chi connectivity index (χ1v) is 9.65. The molecule has 0 bridgehead atoms. The Kier molecular flexibility index (Phi) is 5.61. The number of halogens is 1. The number of ether oxygens (including phenoxy) is 1. The Balaban J connectivity index is 1.84. The minimum Gasteiger partial charge on any atom is -0.488 e. The van der Waals surface area contributed by atoms with Gasteiger partial charge in [-0.1, -0.05) is 69.7 Å². The summed E-state index contributed by atoms with van der Waals surface area (Å²) < 4.78 is 7.47. The highest BCUT2D eigenvalue weighted by molar-refractivity contribution is 9.10. The summed E-state index contributed by atoms with van der Waals surface area (Å²) in [7, 11) is 1.69. The molecule has 1 fully saturated rings. The van der Waals surface area contributed by atoms with E-state index in [1.165, 1.54) is 22.2 Å². The molecule has 1 aliphatic rings. The van der Waals surface area contributed by atoms with Crippen molar-refractivity contribution in [1.82, 2.24) is 4.90 Å². The SMILES string of the molecule is Cc1ccc(COc2ccc(Br)cc2C=C2SC(=S)N(C)C2=O)cc1. The Morgan fingerprint density at radius 2 is 1.96 bits per heavy atom. The highest BCUT2D eigenvalue weighted by atomic mass is 79.9. The molecule has 3 nitrogen and oxygen atoms in total. The predicted octanol–water partition coefficient (Wildman–Crippen LogP) is 5.17. The topological polar surface area (TPSA) is 29.5 Å².